The van der Waals surface area contributed by atoms with Crippen molar-refractivity contribution < 1.29 is 14.7 Å². The quantitative estimate of drug-likeness (QED) is 0.579. The van der Waals surface area contributed by atoms with E-state index in [4.69, 9.17) is 5.11 Å². The van der Waals surface area contributed by atoms with Crippen molar-refractivity contribution >= 4 is 33.3 Å². The highest BCUT2D eigenvalue weighted by Crippen LogP contribution is 2.26. The van der Waals surface area contributed by atoms with Gasteiger partial charge in [0.05, 0.1) is 6.42 Å². The summed E-state index contributed by atoms with van der Waals surface area (Å²) in [7, 11) is 0. The fourth-order valence-corrected chi connectivity index (χ4v) is 2.57. The van der Waals surface area contributed by atoms with Crippen LogP contribution in [0.5, 0.6) is 0 Å². The summed E-state index contributed by atoms with van der Waals surface area (Å²) in [5.74, 6) is -1.08. The molecule has 3 heteroatoms. The first-order valence-corrected chi connectivity index (χ1v) is 6.82. The largest absolute Gasteiger partial charge is 0.481 e. The molecule has 0 atom stereocenters. The maximum Gasteiger partial charge on any atom is 0.303 e. The van der Waals surface area contributed by atoms with Crippen molar-refractivity contribution in [3.63, 3.8) is 0 Å². The summed E-state index contributed by atoms with van der Waals surface area (Å²) in [5.41, 5.74) is 0.597. The highest BCUT2D eigenvalue weighted by molar-refractivity contribution is 6.11. The van der Waals surface area contributed by atoms with Crippen molar-refractivity contribution in [3.05, 3.63) is 60.2 Å². The van der Waals surface area contributed by atoms with Crippen LogP contribution in [0.2, 0.25) is 0 Å². The van der Waals surface area contributed by atoms with Gasteiger partial charge >= 0.3 is 5.97 Å². The van der Waals surface area contributed by atoms with E-state index in [0.717, 1.165) is 21.5 Å². The van der Waals surface area contributed by atoms with Crippen LogP contribution in [0.25, 0.3) is 21.5 Å². The molecular formula is C18H14O3. The number of fused-ring (bicyclic) bond motifs is 2. The van der Waals surface area contributed by atoms with Gasteiger partial charge in [0.1, 0.15) is 0 Å². The fraction of sp³-hybridized carbons (Fsp3) is 0.111. The van der Waals surface area contributed by atoms with Crippen LogP contribution < -0.4 is 0 Å². The van der Waals surface area contributed by atoms with Gasteiger partial charge in [-0.15, -0.1) is 0 Å². The summed E-state index contributed by atoms with van der Waals surface area (Å²) in [5, 5.41) is 12.8. The summed E-state index contributed by atoms with van der Waals surface area (Å²) in [6, 6.07) is 17.6. The highest BCUT2D eigenvalue weighted by Gasteiger charge is 2.12. The van der Waals surface area contributed by atoms with Crippen LogP contribution in [-0.4, -0.2) is 16.9 Å². The molecule has 0 aromatic heterocycles. The minimum absolute atomic E-state index is 0.0290. The number of benzene rings is 3. The number of rotatable bonds is 4. The predicted octanol–water partition coefficient (Wildman–Crippen LogP) is 4.04. The van der Waals surface area contributed by atoms with Crippen LogP contribution in [-0.2, 0) is 4.79 Å². The number of hydrogen-bond acceptors (Lipinski definition) is 2. The van der Waals surface area contributed by atoms with E-state index in [1.165, 1.54) is 0 Å². The highest BCUT2D eigenvalue weighted by atomic mass is 16.4. The van der Waals surface area contributed by atoms with Crippen LogP contribution in [0, 0.1) is 0 Å². The van der Waals surface area contributed by atoms with E-state index in [0.29, 0.717) is 5.56 Å². The van der Waals surface area contributed by atoms with Crippen LogP contribution in [0.15, 0.2) is 54.6 Å². The van der Waals surface area contributed by atoms with Crippen molar-refractivity contribution in [2.24, 2.45) is 0 Å². The van der Waals surface area contributed by atoms with Gasteiger partial charge in [-0.2, -0.15) is 0 Å². The molecule has 3 nitrogen and oxygen atoms in total. The molecule has 0 unspecified atom stereocenters. The third kappa shape index (κ3) is 2.63. The van der Waals surface area contributed by atoms with Crippen molar-refractivity contribution in [2.45, 2.75) is 12.8 Å². The predicted molar refractivity (Wildman–Crippen MR) is 82.7 cm³/mol. The Kier molecular flexibility index (Phi) is 3.40. The van der Waals surface area contributed by atoms with Gasteiger partial charge in [0.15, 0.2) is 5.78 Å². The number of aliphatic carboxylic acids is 1. The van der Waals surface area contributed by atoms with Crippen molar-refractivity contribution in [1.82, 2.24) is 0 Å². The van der Waals surface area contributed by atoms with Gasteiger partial charge in [0, 0.05) is 12.0 Å². The zero-order valence-corrected chi connectivity index (χ0v) is 11.4. The van der Waals surface area contributed by atoms with Crippen LogP contribution >= 0.6 is 0 Å². The smallest absolute Gasteiger partial charge is 0.303 e. The van der Waals surface area contributed by atoms with Gasteiger partial charge in [0.2, 0.25) is 0 Å². The van der Waals surface area contributed by atoms with Crippen LogP contribution in [0.4, 0.5) is 0 Å². The van der Waals surface area contributed by atoms with Gasteiger partial charge in [-0.1, -0.05) is 42.5 Å². The monoisotopic (exact) mass is 278 g/mol. The molecule has 104 valence electrons. The Hall–Kier alpha value is -2.68. The first-order valence-electron chi connectivity index (χ1n) is 6.82. The molecule has 1 N–H and O–H groups in total. The number of Topliss-reactive ketones (excluding diaryl/α,β-unsaturated/α-hetero) is 1. The van der Waals surface area contributed by atoms with Gasteiger partial charge in [0.25, 0.3) is 0 Å². The van der Waals surface area contributed by atoms with Crippen molar-refractivity contribution in [1.29, 1.82) is 0 Å². The van der Waals surface area contributed by atoms with Gasteiger partial charge in [-0.25, -0.2) is 0 Å². The molecule has 0 aliphatic rings. The third-order valence-electron chi connectivity index (χ3n) is 3.61. The van der Waals surface area contributed by atoms with E-state index < -0.39 is 5.97 Å². The molecule has 0 saturated heterocycles. The lowest BCUT2D eigenvalue weighted by Crippen LogP contribution is -2.04. The molecule has 0 radical (unpaired) electrons. The molecule has 0 amide bonds. The SMILES string of the molecule is O=C(O)CCC(=O)c1cccc2cc3ccccc3cc12. The molecular weight excluding hydrogens is 264 g/mol. The van der Waals surface area contributed by atoms with Crippen molar-refractivity contribution in [2.75, 3.05) is 0 Å². The second-order valence-electron chi connectivity index (χ2n) is 5.04. The first kappa shape index (κ1) is 13.3. The van der Waals surface area contributed by atoms with Crippen LogP contribution in [0.1, 0.15) is 23.2 Å². The van der Waals surface area contributed by atoms with E-state index in [1.807, 2.05) is 42.5 Å². The number of ketones is 1. The standard InChI is InChI=1S/C18H14O3/c19-17(8-9-18(20)21)15-7-3-6-14-10-12-4-1-2-5-13(12)11-16(14)15/h1-7,10-11H,8-9H2,(H,20,21). The minimum Gasteiger partial charge on any atom is -0.481 e. The maximum absolute atomic E-state index is 12.2. The Bertz CT molecular complexity index is 849. The molecule has 0 heterocycles. The van der Waals surface area contributed by atoms with Gasteiger partial charge in [-0.05, 0) is 33.7 Å². The van der Waals surface area contributed by atoms with Gasteiger partial charge in [-0.3, -0.25) is 9.59 Å². The summed E-state index contributed by atoms with van der Waals surface area (Å²) >= 11 is 0. The van der Waals surface area contributed by atoms with E-state index in [1.54, 1.807) is 6.07 Å². The maximum atomic E-state index is 12.2. The number of carboxylic acids is 1. The Balaban J connectivity index is 2.12. The number of hydrogen-bond donors (Lipinski definition) is 1. The zero-order chi connectivity index (χ0) is 14.8. The molecule has 3 aromatic carbocycles. The second-order valence-corrected chi connectivity index (χ2v) is 5.04. The summed E-state index contributed by atoms with van der Waals surface area (Å²) < 4.78 is 0. The Morgan fingerprint density at radius 1 is 0.810 bits per heavy atom. The number of carbonyl (C=O) groups excluding carboxylic acids is 1. The fourth-order valence-electron chi connectivity index (χ4n) is 2.57. The van der Waals surface area contributed by atoms with E-state index >= 15 is 0 Å². The average molecular weight is 278 g/mol. The van der Waals surface area contributed by atoms with E-state index in [2.05, 4.69) is 6.07 Å². The zero-order valence-electron chi connectivity index (χ0n) is 11.4. The Morgan fingerprint density at radius 3 is 2.19 bits per heavy atom. The first-order chi connectivity index (χ1) is 10.1. The molecule has 0 saturated carbocycles. The lowest BCUT2D eigenvalue weighted by atomic mass is 9.96. The average Bonchev–Trinajstić information content (AvgIpc) is 2.50. The lowest BCUT2D eigenvalue weighted by Gasteiger charge is -2.07. The Labute approximate surface area is 121 Å². The van der Waals surface area contributed by atoms with E-state index in [-0.39, 0.29) is 18.6 Å². The van der Waals surface area contributed by atoms with Gasteiger partial charge < -0.3 is 5.11 Å². The second kappa shape index (κ2) is 5.37. The molecule has 21 heavy (non-hydrogen) atoms. The molecule has 0 spiro atoms. The Morgan fingerprint density at radius 2 is 1.48 bits per heavy atom. The third-order valence-corrected chi connectivity index (χ3v) is 3.61. The normalized spacial score (nSPS) is 10.9. The summed E-state index contributed by atoms with van der Waals surface area (Å²) in [6.45, 7) is 0. The number of carboxylic acid groups (broad SMARTS) is 1. The molecule has 0 fully saturated rings. The topological polar surface area (TPSA) is 54.4 Å². The number of carbonyl (C=O) groups is 2. The molecule has 0 aliphatic carbocycles. The molecule has 3 rings (SSSR count). The molecule has 0 bridgehead atoms. The van der Waals surface area contributed by atoms with E-state index in [9.17, 15) is 9.59 Å². The lowest BCUT2D eigenvalue weighted by molar-refractivity contribution is -0.136. The molecule has 3 aromatic rings. The minimum atomic E-state index is -0.950. The summed E-state index contributed by atoms with van der Waals surface area (Å²) in [4.78, 5) is 22.9. The molecule has 0 aliphatic heterocycles. The summed E-state index contributed by atoms with van der Waals surface area (Å²) in [6.07, 6.45) is -0.107. The van der Waals surface area contributed by atoms with Crippen LogP contribution in [0.3, 0.4) is 0 Å². The van der Waals surface area contributed by atoms with Crippen molar-refractivity contribution in [3.8, 4) is 0 Å².